The van der Waals surface area contributed by atoms with Gasteiger partial charge in [0.25, 0.3) is 5.91 Å². The Labute approximate surface area is 162 Å². The van der Waals surface area contributed by atoms with Gasteiger partial charge in [0.15, 0.2) is 0 Å². The molecule has 1 fully saturated rings. The maximum Gasteiger partial charge on any atom is 0.254 e. The molecule has 0 bridgehead atoms. The molecular weight excluding hydrogens is 340 g/mol. The Morgan fingerprint density at radius 2 is 2.00 bits per heavy atom. The first-order valence-electron chi connectivity index (χ1n) is 10.3. The molecule has 2 amide bonds. The van der Waals surface area contributed by atoms with Gasteiger partial charge in [0.2, 0.25) is 5.91 Å². The Bertz CT molecular complexity index is 667. The lowest BCUT2D eigenvalue weighted by Gasteiger charge is -2.53. The molecule has 1 aliphatic carbocycles. The molecule has 1 N–H and O–H groups in total. The number of nitrogens with zero attached hydrogens (tertiary/aromatic N) is 1. The van der Waals surface area contributed by atoms with Gasteiger partial charge in [-0.3, -0.25) is 9.59 Å². The van der Waals surface area contributed by atoms with Crippen LogP contribution < -0.4 is 5.32 Å². The Morgan fingerprint density at radius 3 is 2.70 bits per heavy atom. The lowest BCUT2D eigenvalue weighted by atomic mass is 9.65. The van der Waals surface area contributed by atoms with Crippen molar-refractivity contribution >= 4 is 11.8 Å². The summed E-state index contributed by atoms with van der Waals surface area (Å²) in [4.78, 5) is 28.8. The summed E-state index contributed by atoms with van der Waals surface area (Å²) in [7, 11) is 1.63. The second-order valence-corrected chi connectivity index (χ2v) is 7.78. The van der Waals surface area contributed by atoms with E-state index in [9.17, 15) is 9.59 Å². The Kier molecular flexibility index (Phi) is 6.53. The fourth-order valence-electron chi connectivity index (χ4n) is 4.86. The topological polar surface area (TPSA) is 58.6 Å². The SMILES string of the molecule is CCCCN1C(=O)c2ccccc2[C@H](C(=O)NCCOC)C12CCCCC2. The summed E-state index contributed by atoms with van der Waals surface area (Å²) >= 11 is 0. The Balaban J connectivity index is 2.05. The normalized spacial score (nSPS) is 21.2. The van der Waals surface area contributed by atoms with Crippen LogP contribution in [0.2, 0.25) is 0 Å². The maximum absolute atomic E-state index is 13.4. The third-order valence-corrected chi connectivity index (χ3v) is 6.14. The number of rotatable bonds is 7. The molecule has 0 unspecified atom stereocenters. The average molecular weight is 373 g/mol. The molecule has 2 aliphatic rings. The van der Waals surface area contributed by atoms with E-state index in [0.717, 1.165) is 50.6 Å². The average Bonchev–Trinajstić information content (AvgIpc) is 2.69. The molecule has 1 saturated carbocycles. The maximum atomic E-state index is 13.4. The number of carbonyl (C=O) groups excluding carboxylic acids is 2. The van der Waals surface area contributed by atoms with Crippen LogP contribution in [0.3, 0.4) is 0 Å². The molecule has 1 atom stereocenters. The third-order valence-electron chi connectivity index (χ3n) is 6.14. The van der Waals surface area contributed by atoms with Crippen LogP contribution in [0.15, 0.2) is 24.3 Å². The van der Waals surface area contributed by atoms with Gasteiger partial charge in [0, 0.05) is 25.8 Å². The highest BCUT2D eigenvalue weighted by Crippen LogP contribution is 2.49. The minimum absolute atomic E-state index is 0.0235. The molecule has 3 rings (SSSR count). The molecule has 5 nitrogen and oxygen atoms in total. The van der Waals surface area contributed by atoms with Crippen molar-refractivity contribution in [2.75, 3.05) is 26.8 Å². The van der Waals surface area contributed by atoms with Gasteiger partial charge in [-0.15, -0.1) is 0 Å². The number of hydrogen-bond acceptors (Lipinski definition) is 3. The van der Waals surface area contributed by atoms with Crippen molar-refractivity contribution < 1.29 is 14.3 Å². The van der Waals surface area contributed by atoms with E-state index in [-0.39, 0.29) is 17.7 Å². The van der Waals surface area contributed by atoms with Crippen LogP contribution in [-0.4, -0.2) is 49.1 Å². The zero-order valence-corrected chi connectivity index (χ0v) is 16.6. The van der Waals surface area contributed by atoms with E-state index in [0.29, 0.717) is 18.7 Å². The Hall–Kier alpha value is -1.88. The molecule has 0 radical (unpaired) electrons. The highest BCUT2D eigenvalue weighted by atomic mass is 16.5. The molecule has 27 heavy (non-hydrogen) atoms. The Morgan fingerprint density at radius 1 is 1.26 bits per heavy atom. The first-order chi connectivity index (χ1) is 13.2. The number of methoxy groups -OCH3 is 1. The number of carbonyl (C=O) groups is 2. The third kappa shape index (κ3) is 3.75. The van der Waals surface area contributed by atoms with Gasteiger partial charge >= 0.3 is 0 Å². The fourth-order valence-corrected chi connectivity index (χ4v) is 4.86. The van der Waals surface area contributed by atoms with Crippen molar-refractivity contribution in [3.8, 4) is 0 Å². The minimum atomic E-state index is -0.393. The molecule has 1 heterocycles. The molecule has 0 aromatic heterocycles. The van der Waals surface area contributed by atoms with Gasteiger partial charge < -0.3 is 15.0 Å². The number of nitrogens with one attached hydrogen (secondary N) is 1. The van der Waals surface area contributed by atoms with E-state index < -0.39 is 5.54 Å². The van der Waals surface area contributed by atoms with Gasteiger partial charge in [-0.1, -0.05) is 50.8 Å². The standard InChI is InChI=1S/C22H32N2O3/c1-3-4-15-24-21(26)18-11-7-6-10-17(18)19(20(25)23-14-16-27-2)22(24)12-8-5-9-13-22/h6-7,10-11,19H,3-5,8-9,12-16H2,1-2H3,(H,23,25)/t19-/m1/s1. The zero-order chi connectivity index (χ0) is 19.3. The largest absolute Gasteiger partial charge is 0.383 e. The molecule has 5 heteroatoms. The number of fused-ring (bicyclic) bond motifs is 1. The van der Waals surface area contributed by atoms with E-state index in [1.54, 1.807) is 7.11 Å². The smallest absolute Gasteiger partial charge is 0.254 e. The number of unbranched alkanes of at least 4 members (excludes halogenated alkanes) is 1. The van der Waals surface area contributed by atoms with Gasteiger partial charge in [0.1, 0.15) is 0 Å². The lowest BCUT2D eigenvalue weighted by Crippen LogP contribution is -2.62. The summed E-state index contributed by atoms with van der Waals surface area (Å²) in [6.07, 6.45) is 7.12. The summed E-state index contributed by atoms with van der Waals surface area (Å²) < 4.78 is 5.10. The zero-order valence-electron chi connectivity index (χ0n) is 16.6. The van der Waals surface area contributed by atoms with Crippen molar-refractivity contribution in [3.05, 3.63) is 35.4 Å². The van der Waals surface area contributed by atoms with E-state index >= 15 is 0 Å². The summed E-state index contributed by atoms with van der Waals surface area (Å²) in [6.45, 7) is 3.86. The van der Waals surface area contributed by atoms with Crippen molar-refractivity contribution in [3.63, 3.8) is 0 Å². The van der Waals surface area contributed by atoms with Crippen LogP contribution in [0.5, 0.6) is 0 Å². The first kappa shape index (κ1) is 19.9. The van der Waals surface area contributed by atoms with E-state index in [1.807, 2.05) is 24.3 Å². The van der Waals surface area contributed by atoms with Gasteiger partial charge in [-0.25, -0.2) is 0 Å². The van der Waals surface area contributed by atoms with Crippen molar-refractivity contribution in [1.29, 1.82) is 0 Å². The molecule has 1 spiro atoms. The highest BCUT2D eigenvalue weighted by Gasteiger charge is 2.54. The van der Waals surface area contributed by atoms with Crippen LogP contribution in [0.25, 0.3) is 0 Å². The lowest BCUT2D eigenvalue weighted by molar-refractivity contribution is -0.127. The molecule has 148 valence electrons. The van der Waals surface area contributed by atoms with E-state index in [4.69, 9.17) is 4.74 Å². The molecule has 1 aromatic rings. The quantitative estimate of drug-likeness (QED) is 0.746. The van der Waals surface area contributed by atoms with Gasteiger partial charge in [-0.05, 0) is 30.9 Å². The van der Waals surface area contributed by atoms with Crippen LogP contribution in [0.4, 0.5) is 0 Å². The van der Waals surface area contributed by atoms with Crippen molar-refractivity contribution in [2.45, 2.75) is 63.3 Å². The monoisotopic (exact) mass is 372 g/mol. The van der Waals surface area contributed by atoms with Crippen LogP contribution in [0, 0.1) is 0 Å². The number of hydrogen-bond donors (Lipinski definition) is 1. The van der Waals surface area contributed by atoms with E-state index in [1.165, 1.54) is 6.42 Å². The molecular formula is C22H32N2O3. The van der Waals surface area contributed by atoms with Crippen molar-refractivity contribution in [1.82, 2.24) is 10.2 Å². The van der Waals surface area contributed by atoms with Crippen LogP contribution in [-0.2, 0) is 9.53 Å². The molecule has 1 aliphatic heterocycles. The second-order valence-electron chi connectivity index (χ2n) is 7.78. The number of amides is 2. The predicted octanol–water partition coefficient (Wildman–Crippen LogP) is 3.49. The summed E-state index contributed by atoms with van der Waals surface area (Å²) in [5, 5.41) is 3.06. The summed E-state index contributed by atoms with van der Waals surface area (Å²) in [5.74, 6) is -0.183. The minimum Gasteiger partial charge on any atom is -0.383 e. The molecule has 1 aromatic carbocycles. The second kappa shape index (κ2) is 8.87. The fraction of sp³-hybridized carbons (Fsp3) is 0.636. The molecule has 0 saturated heterocycles. The van der Waals surface area contributed by atoms with Gasteiger partial charge in [-0.2, -0.15) is 0 Å². The van der Waals surface area contributed by atoms with E-state index in [2.05, 4.69) is 17.1 Å². The van der Waals surface area contributed by atoms with Crippen LogP contribution >= 0.6 is 0 Å². The highest BCUT2D eigenvalue weighted by molar-refractivity contribution is 6.02. The van der Waals surface area contributed by atoms with Crippen molar-refractivity contribution in [2.24, 2.45) is 0 Å². The summed E-state index contributed by atoms with van der Waals surface area (Å²) in [5.41, 5.74) is 1.19. The first-order valence-corrected chi connectivity index (χ1v) is 10.3. The van der Waals surface area contributed by atoms with Gasteiger partial charge in [0.05, 0.1) is 18.1 Å². The predicted molar refractivity (Wildman–Crippen MR) is 106 cm³/mol. The van der Waals surface area contributed by atoms with Crippen LogP contribution in [0.1, 0.15) is 73.7 Å². The number of benzene rings is 1. The number of ether oxygens (including phenoxy) is 1. The summed E-state index contributed by atoms with van der Waals surface area (Å²) in [6, 6.07) is 7.69.